The van der Waals surface area contributed by atoms with Gasteiger partial charge in [-0.3, -0.25) is 4.72 Å². The van der Waals surface area contributed by atoms with Crippen LogP contribution in [0.2, 0.25) is 0 Å². The number of nitrogens with one attached hydrogen (secondary N) is 2. The summed E-state index contributed by atoms with van der Waals surface area (Å²) in [7, 11) is -3.63. The van der Waals surface area contributed by atoms with Gasteiger partial charge in [-0.1, -0.05) is 18.2 Å². The van der Waals surface area contributed by atoms with Crippen molar-refractivity contribution in [2.24, 2.45) is 0 Å². The summed E-state index contributed by atoms with van der Waals surface area (Å²) < 4.78 is 28.1. The van der Waals surface area contributed by atoms with Crippen LogP contribution in [0.4, 0.5) is 17.2 Å². The highest BCUT2D eigenvalue weighted by Gasteiger charge is 2.18. The molecule has 1 aromatic heterocycles. The topological polar surface area (TPSA) is 71.1 Å². The van der Waals surface area contributed by atoms with Gasteiger partial charge in [0.15, 0.2) is 0 Å². The number of aryl methyl sites for hydroxylation is 3. The minimum atomic E-state index is -3.63. The quantitative estimate of drug-likeness (QED) is 0.652. The molecule has 1 heterocycles. The molecule has 5 nitrogen and oxygen atoms in total. The second-order valence-electron chi connectivity index (χ2n) is 7.17. The van der Waals surface area contributed by atoms with Gasteiger partial charge in [0.05, 0.1) is 16.8 Å². The minimum Gasteiger partial charge on any atom is -0.340 e. The van der Waals surface area contributed by atoms with Crippen molar-refractivity contribution in [3.8, 4) is 0 Å². The fourth-order valence-corrected chi connectivity index (χ4v) is 4.58. The fourth-order valence-electron chi connectivity index (χ4n) is 3.49. The molecule has 3 aromatic rings. The lowest BCUT2D eigenvalue weighted by Gasteiger charge is -2.17. The van der Waals surface area contributed by atoms with E-state index in [4.69, 9.17) is 0 Å². The monoisotopic (exact) mass is 393 g/mol. The maximum atomic E-state index is 12.7. The number of hydrogen-bond acceptors (Lipinski definition) is 4. The summed E-state index contributed by atoms with van der Waals surface area (Å²) in [6.07, 6.45) is 5.78. The van der Waals surface area contributed by atoms with E-state index in [-0.39, 0.29) is 0 Å². The molecule has 0 spiro atoms. The maximum Gasteiger partial charge on any atom is 0.261 e. The van der Waals surface area contributed by atoms with E-state index in [2.05, 4.69) is 15.0 Å². The Kier molecular flexibility index (Phi) is 5.05. The first-order valence-corrected chi connectivity index (χ1v) is 10.9. The lowest BCUT2D eigenvalue weighted by molar-refractivity contribution is 0.600. The number of anilines is 3. The third-order valence-electron chi connectivity index (χ3n) is 4.94. The summed E-state index contributed by atoms with van der Waals surface area (Å²) in [5, 5.41) is 3.21. The molecule has 0 fully saturated rings. The standard InChI is InChI=1S/C22H23N3O2S/c1-16-5-4-8-19(13-16)24-22-12-10-20(15-23-22)25-28(26,27)21-11-9-17-6-2-3-7-18(17)14-21/h4-5,8-15,25H,2-3,6-7H2,1H3,(H,23,24). The first-order chi connectivity index (χ1) is 13.5. The van der Waals surface area contributed by atoms with Crippen LogP contribution in [-0.2, 0) is 22.9 Å². The van der Waals surface area contributed by atoms with E-state index in [1.54, 1.807) is 24.3 Å². The Balaban J connectivity index is 1.49. The van der Waals surface area contributed by atoms with Crippen LogP contribution in [0.5, 0.6) is 0 Å². The predicted octanol–water partition coefficient (Wildman–Crippen LogP) is 4.81. The van der Waals surface area contributed by atoms with Gasteiger partial charge in [-0.2, -0.15) is 0 Å². The summed E-state index contributed by atoms with van der Waals surface area (Å²) in [5.41, 5.74) is 4.94. The predicted molar refractivity (Wildman–Crippen MR) is 113 cm³/mol. The van der Waals surface area contributed by atoms with E-state index in [0.29, 0.717) is 16.4 Å². The average Bonchev–Trinajstić information content (AvgIpc) is 2.69. The lowest BCUT2D eigenvalue weighted by Crippen LogP contribution is -2.14. The van der Waals surface area contributed by atoms with Gasteiger partial charge >= 0.3 is 0 Å². The smallest absolute Gasteiger partial charge is 0.261 e. The number of rotatable bonds is 5. The van der Waals surface area contributed by atoms with Crippen LogP contribution in [0.3, 0.4) is 0 Å². The summed E-state index contributed by atoms with van der Waals surface area (Å²) in [6.45, 7) is 2.02. The van der Waals surface area contributed by atoms with Gasteiger partial charge in [0, 0.05) is 5.69 Å². The zero-order chi connectivity index (χ0) is 19.6. The van der Waals surface area contributed by atoms with E-state index in [0.717, 1.165) is 36.1 Å². The Hall–Kier alpha value is -2.86. The number of hydrogen-bond donors (Lipinski definition) is 2. The highest BCUT2D eigenvalue weighted by Crippen LogP contribution is 2.25. The zero-order valence-corrected chi connectivity index (χ0v) is 16.6. The third-order valence-corrected chi connectivity index (χ3v) is 6.32. The Bertz CT molecular complexity index is 1090. The maximum absolute atomic E-state index is 12.7. The van der Waals surface area contributed by atoms with Gasteiger partial charge in [-0.05, 0) is 85.7 Å². The lowest BCUT2D eigenvalue weighted by atomic mass is 9.92. The Morgan fingerprint density at radius 2 is 1.71 bits per heavy atom. The second kappa shape index (κ2) is 7.64. The molecular weight excluding hydrogens is 370 g/mol. The van der Waals surface area contributed by atoms with Gasteiger partial charge in [0.1, 0.15) is 5.82 Å². The van der Waals surface area contributed by atoms with E-state index >= 15 is 0 Å². The molecule has 0 amide bonds. The molecule has 0 saturated heterocycles. The molecule has 0 saturated carbocycles. The van der Waals surface area contributed by atoms with Crippen molar-refractivity contribution in [2.45, 2.75) is 37.5 Å². The third kappa shape index (κ3) is 4.17. The van der Waals surface area contributed by atoms with Gasteiger partial charge in [0.2, 0.25) is 0 Å². The van der Waals surface area contributed by atoms with E-state index in [9.17, 15) is 8.42 Å². The van der Waals surface area contributed by atoms with Gasteiger partial charge < -0.3 is 5.32 Å². The van der Waals surface area contributed by atoms with E-state index in [1.165, 1.54) is 18.2 Å². The molecule has 2 aromatic carbocycles. The molecule has 1 aliphatic rings. The number of pyridine rings is 1. The first-order valence-electron chi connectivity index (χ1n) is 9.44. The van der Waals surface area contributed by atoms with Crippen LogP contribution in [0.15, 0.2) is 65.7 Å². The summed E-state index contributed by atoms with van der Waals surface area (Å²) >= 11 is 0. The number of aromatic nitrogens is 1. The minimum absolute atomic E-state index is 0.301. The molecule has 0 radical (unpaired) electrons. The van der Waals surface area contributed by atoms with Crippen LogP contribution in [0.1, 0.15) is 29.5 Å². The Morgan fingerprint density at radius 3 is 2.46 bits per heavy atom. The molecule has 2 N–H and O–H groups in total. The van der Waals surface area contributed by atoms with E-state index < -0.39 is 10.0 Å². The molecule has 0 bridgehead atoms. The van der Waals surface area contributed by atoms with E-state index in [1.807, 2.05) is 37.3 Å². The highest BCUT2D eigenvalue weighted by atomic mass is 32.2. The average molecular weight is 394 g/mol. The highest BCUT2D eigenvalue weighted by molar-refractivity contribution is 7.92. The number of nitrogens with zero attached hydrogens (tertiary/aromatic N) is 1. The molecular formula is C22H23N3O2S. The molecule has 0 aliphatic heterocycles. The summed E-state index contributed by atoms with van der Waals surface area (Å²) in [5.74, 6) is 0.655. The molecule has 0 atom stereocenters. The van der Waals surface area contributed by atoms with Crippen molar-refractivity contribution < 1.29 is 8.42 Å². The number of fused-ring (bicyclic) bond motifs is 1. The summed E-state index contributed by atoms with van der Waals surface area (Å²) in [4.78, 5) is 4.61. The fraction of sp³-hybridized carbons (Fsp3) is 0.227. The van der Waals surface area contributed by atoms with Crippen molar-refractivity contribution in [1.29, 1.82) is 0 Å². The van der Waals surface area contributed by atoms with Gasteiger partial charge in [-0.15, -0.1) is 0 Å². The molecule has 1 aliphatic carbocycles. The number of sulfonamides is 1. The zero-order valence-electron chi connectivity index (χ0n) is 15.8. The molecule has 0 unspecified atom stereocenters. The van der Waals surface area contributed by atoms with Crippen molar-refractivity contribution in [1.82, 2.24) is 4.98 Å². The van der Waals surface area contributed by atoms with Crippen LogP contribution >= 0.6 is 0 Å². The van der Waals surface area contributed by atoms with Crippen molar-refractivity contribution in [3.05, 3.63) is 77.5 Å². The van der Waals surface area contributed by atoms with Gasteiger partial charge in [-0.25, -0.2) is 13.4 Å². The van der Waals surface area contributed by atoms with Crippen molar-refractivity contribution >= 4 is 27.2 Å². The van der Waals surface area contributed by atoms with Crippen LogP contribution in [0.25, 0.3) is 0 Å². The molecule has 6 heteroatoms. The van der Waals surface area contributed by atoms with Crippen molar-refractivity contribution in [3.63, 3.8) is 0 Å². The second-order valence-corrected chi connectivity index (χ2v) is 8.85. The Morgan fingerprint density at radius 1 is 0.893 bits per heavy atom. The normalized spacial score (nSPS) is 13.6. The first kappa shape index (κ1) is 18.5. The number of benzene rings is 2. The SMILES string of the molecule is Cc1cccc(Nc2ccc(NS(=O)(=O)c3ccc4c(c3)CCCC4)cn2)c1. The van der Waals surface area contributed by atoms with Crippen LogP contribution in [-0.4, -0.2) is 13.4 Å². The van der Waals surface area contributed by atoms with Crippen LogP contribution < -0.4 is 10.0 Å². The van der Waals surface area contributed by atoms with Crippen molar-refractivity contribution in [2.75, 3.05) is 10.0 Å². The molecule has 144 valence electrons. The summed E-state index contributed by atoms with van der Waals surface area (Å²) in [6, 6.07) is 16.9. The van der Waals surface area contributed by atoms with Crippen LogP contribution in [0, 0.1) is 6.92 Å². The largest absolute Gasteiger partial charge is 0.340 e. The molecule has 28 heavy (non-hydrogen) atoms. The Labute approximate surface area is 165 Å². The molecule has 4 rings (SSSR count). The van der Waals surface area contributed by atoms with Gasteiger partial charge in [0.25, 0.3) is 10.0 Å².